The van der Waals surface area contributed by atoms with Crippen molar-refractivity contribution in [1.29, 1.82) is 0 Å². The molecule has 0 amide bonds. The summed E-state index contributed by atoms with van der Waals surface area (Å²) in [5.74, 6) is 2.45. The minimum atomic E-state index is -0.297. The minimum absolute atomic E-state index is 0.0791. The van der Waals surface area contributed by atoms with Gasteiger partial charge in [-0.1, -0.05) is 48.5 Å². The number of aryl methyl sites for hydroxylation is 1. The molecule has 0 aromatic heterocycles. The molecular weight excluding hydrogens is 494 g/mol. The highest BCUT2D eigenvalue weighted by Gasteiger charge is 2.80. The van der Waals surface area contributed by atoms with Crippen molar-refractivity contribution < 1.29 is 14.2 Å². The summed E-state index contributed by atoms with van der Waals surface area (Å²) in [6.07, 6.45) is 8.84. The van der Waals surface area contributed by atoms with Crippen molar-refractivity contribution in [2.24, 2.45) is 17.3 Å². The van der Waals surface area contributed by atoms with Crippen LogP contribution >= 0.6 is 0 Å². The van der Waals surface area contributed by atoms with Gasteiger partial charge in [0.15, 0.2) is 0 Å². The molecule has 1 saturated heterocycles. The van der Waals surface area contributed by atoms with Gasteiger partial charge in [0.25, 0.3) is 0 Å². The molecule has 10 rings (SSSR count). The number of benzene rings is 3. The lowest BCUT2D eigenvalue weighted by molar-refractivity contribution is -0.283. The average molecular weight is 536 g/mol. The maximum absolute atomic E-state index is 7.21. The molecular formula is C36H41NO3. The van der Waals surface area contributed by atoms with Gasteiger partial charge in [-0.05, 0) is 97.9 Å². The van der Waals surface area contributed by atoms with Crippen LogP contribution in [-0.2, 0) is 27.9 Å². The van der Waals surface area contributed by atoms with Gasteiger partial charge in [0, 0.05) is 42.0 Å². The largest absolute Gasteiger partial charge is 0.486 e. The molecule has 3 aromatic rings. The average Bonchev–Trinajstić information content (AvgIpc) is 3.72. The molecule has 2 spiro atoms. The Morgan fingerprint density at radius 1 is 1.00 bits per heavy atom. The monoisotopic (exact) mass is 535 g/mol. The second-order valence-corrected chi connectivity index (χ2v) is 14.0. The molecule has 5 aliphatic carbocycles. The number of nitrogens with zero attached hydrogens (tertiary/aromatic N) is 1. The first kappa shape index (κ1) is 24.2. The number of rotatable bonds is 7. The van der Waals surface area contributed by atoms with Crippen LogP contribution in [0, 0.1) is 24.2 Å². The predicted octanol–water partition coefficient (Wildman–Crippen LogP) is 6.59. The van der Waals surface area contributed by atoms with Crippen LogP contribution in [0.3, 0.4) is 0 Å². The van der Waals surface area contributed by atoms with E-state index in [9.17, 15) is 0 Å². The summed E-state index contributed by atoms with van der Waals surface area (Å²) >= 11 is 0. The van der Waals surface area contributed by atoms with E-state index in [1.165, 1.54) is 79.3 Å². The predicted molar refractivity (Wildman–Crippen MR) is 157 cm³/mol. The Morgan fingerprint density at radius 3 is 2.73 bits per heavy atom. The fourth-order valence-corrected chi connectivity index (χ4v) is 10.5. The van der Waals surface area contributed by atoms with Gasteiger partial charge in [0.1, 0.15) is 17.5 Å². The fraction of sp³-hybridized carbons (Fsp3) is 0.556. The number of methoxy groups -OCH3 is 1. The van der Waals surface area contributed by atoms with Gasteiger partial charge >= 0.3 is 0 Å². The molecule has 3 aromatic carbocycles. The first-order valence-corrected chi connectivity index (χ1v) is 15.7. The minimum Gasteiger partial charge on any atom is -0.486 e. The first-order chi connectivity index (χ1) is 19.6. The molecule has 4 bridgehead atoms. The van der Waals surface area contributed by atoms with Crippen molar-refractivity contribution in [2.45, 2.75) is 81.6 Å². The molecule has 4 saturated carbocycles. The highest BCUT2D eigenvalue weighted by molar-refractivity contribution is 5.82. The molecule has 40 heavy (non-hydrogen) atoms. The second-order valence-electron chi connectivity index (χ2n) is 14.0. The van der Waals surface area contributed by atoms with E-state index in [0.29, 0.717) is 18.6 Å². The molecule has 0 radical (unpaired) electrons. The van der Waals surface area contributed by atoms with E-state index in [1.54, 1.807) is 11.1 Å². The highest BCUT2D eigenvalue weighted by Crippen LogP contribution is 2.76. The summed E-state index contributed by atoms with van der Waals surface area (Å²) in [4.78, 5) is 2.93. The van der Waals surface area contributed by atoms with Crippen molar-refractivity contribution >= 4 is 10.8 Å². The Labute approximate surface area is 238 Å². The lowest BCUT2D eigenvalue weighted by atomic mass is 9.35. The Kier molecular flexibility index (Phi) is 5.05. The molecule has 0 unspecified atom stereocenters. The van der Waals surface area contributed by atoms with Crippen LogP contribution in [0.5, 0.6) is 5.75 Å². The van der Waals surface area contributed by atoms with Crippen molar-refractivity contribution in [2.75, 3.05) is 26.8 Å². The van der Waals surface area contributed by atoms with E-state index >= 15 is 0 Å². The number of hydrogen-bond donors (Lipinski definition) is 0. The Hall–Kier alpha value is -2.40. The summed E-state index contributed by atoms with van der Waals surface area (Å²) in [5, 5.41) is 2.56. The van der Waals surface area contributed by atoms with E-state index in [2.05, 4.69) is 66.4 Å². The molecule has 4 heteroatoms. The van der Waals surface area contributed by atoms with E-state index < -0.39 is 0 Å². The first-order valence-electron chi connectivity index (χ1n) is 15.7. The third kappa shape index (κ3) is 2.98. The topological polar surface area (TPSA) is 30.9 Å². The summed E-state index contributed by atoms with van der Waals surface area (Å²) in [7, 11) is 1.95. The van der Waals surface area contributed by atoms with Crippen molar-refractivity contribution in [3.05, 3.63) is 76.9 Å². The van der Waals surface area contributed by atoms with Gasteiger partial charge in [-0.2, -0.15) is 0 Å². The second kappa shape index (κ2) is 8.33. The van der Waals surface area contributed by atoms with Crippen LogP contribution in [0.25, 0.3) is 10.8 Å². The van der Waals surface area contributed by atoms with Gasteiger partial charge in [-0.3, -0.25) is 4.90 Å². The Morgan fingerprint density at radius 2 is 1.88 bits per heavy atom. The lowest BCUT2D eigenvalue weighted by Gasteiger charge is -2.74. The van der Waals surface area contributed by atoms with Gasteiger partial charge < -0.3 is 14.2 Å². The van der Waals surface area contributed by atoms with Crippen molar-refractivity contribution in [3.8, 4) is 5.75 Å². The SMILES string of the molecule is CO[C@]12CC[C@@]3(C[C@@H]1COCc1ccc4ccccc4c1)[C@H]1Cc4ccc(C)c5c4[C@@]3(CCN1CC1CC1)[C@H]2O5. The maximum atomic E-state index is 7.21. The van der Waals surface area contributed by atoms with Crippen LogP contribution in [0.4, 0.5) is 0 Å². The molecule has 208 valence electrons. The molecule has 6 atom stereocenters. The third-order valence-electron chi connectivity index (χ3n) is 12.4. The fourth-order valence-electron chi connectivity index (χ4n) is 10.5. The van der Waals surface area contributed by atoms with E-state index in [-0.39, 0.29) is 22.5 Å². The van der Waals surface area contributed by atoms with Crippen LogP contribution in [0.2, 0.25) is 0 Å². The zero-order valence-electron chi connectivity index (χ0n) is 24.0. The Balaban J connectivity index is 1.09. The van der Waals surface area contributed by atoms with Crippen LogP contribution in [0.15, 0.2) is 54.6 Å². The molecule has 2 heterocycles. The summed E-state index contributed by atoms with van der Waals surface area (Å²) < 4.78 is 20.5. The van der Waals surface area contributed by atoms with Crippen LogP contribution in [0.1, 0.15) is 60.8 Å². The molecule has 4 nitrogen and oxygen atoms in total. The standard InChI is InChI=1S/C36H41NO3/c1-23-7-11-28-18-30-34-13-14-36(38-2,29(19-34)22-39-21-25-10-12-26-5-3-4-6-27(26)17-25)33-35(34,31(28)32(23)40-33)15-16-37(30)20-24-8-9-24/h3-7,10-12,17,24,29-30,33H,8-9,13-16,18-22H2,1-2H3/t29-,30-,33-,34-,35+,36-/m1/s1. The van der Waals surface area contributed by atoms with Gasteiger partial charge in [-0.15, -0.1) is 0 Å². The van der Waals surface area contributed by atoms with E-state index in [1.807, 2.05) is 7.11 Å². The number of likely N-dealkylation sites (tertiary alicyclic amines) is 1. The van der Waals surface area contributed by atoms with Crippen LogP contribution < -0.4 is 4.74 Å². The van der Waals surface area contributed by atoms with Crippen LogP contribution in [-0.4, -0.2) is 49.5 Å². The lowest BCUT2D eigenvalue weighted by Crippen LogP contribution is -2.81. The smallest absolute Gasteiger partial charge is 0.138 e. The number of hydrogen-bond acceptors (Lipinski definition) is 4. The van der Waals surface area contributed by atoms with Crippen molar-refractivity contribution in [1.82, 2.24) is 4.90 Å². The third-order valence-corrected chi connectivity index (χ3v) is 12.4. The van der Waals surface area contributed by atoms with E-state index in [0.717, 1.165) is 18.9 Å². The summed E-state index contributed by atoms with van der Waals surface area (Å²) in [5.41, 5.74) is 5.71. The summed E-state index contributed by atoms with van der Waals surface area (Å²) in [6.45, 7) is 6.12. The number of ether oxygens (including phenoxy) is 3. The van der Waals surface area contributed by atoms with E-state index in [4.69, 9.17) is 14.2 Å². The number of fused-ring (bicyclic) bond motifs is 3. The molecule has 0 N–H and O–H groups in total. The molecule has 5 fully saturated rings. The highest BCUT2D eigenvalue weighted by atomic mass is 16.6. The molecule has 7 aliphatic rings. The Bertz CT molecular complexity index is 1510. The number of piperidine rings is 1. The van der Waals surface area contributed by atoms with Gasteiger partial charge in [-0.25, -0.2) is 0 Å². The van der Waals surface area contributed by atoms with Crippen molar-refractivity contribution in [3.63, 3.8) is 0 Å². The summed E-state index contributed by atoms with van der Waals surface area (Å²) in [6, 6.07) is 20.7. The quantitative estimate of drug-likeness (QED) is 0.342. The zero-order chi connectivity index (χ0) is 26.7. The molecule has 2 aliphatic heterocycles. The van der Waals surface area contributed by atoms with Gasteiger partial charge in [0.2, 0.25) is 0 Å². The normalized spacial score (nSPS) is 37.0. The zero-order valence-corrected chi connectivity index (χ0v) is 24.0. The maximum Gasteiger partial charge on any atom is 0.138 e. The van der Waals surface area contributed by atoms with Gasteiger partial charge in [0.05, 0.1) is 13.2 Å².